The number of carbonyl (C=O) groups excluding carboxylic acids is 2. The Bertz CT molecular complexity index is 551. The fraction of sp³-hybridized carbons (Fsp3) is 0.579. The number of likely N-dealkylation sites (tertiary alicyclic amines) is 1. The topological polar surface area (TPSA) is 49.4 Å². The molecular formula is C19H28N2O2S. The van der Waals surface area contributed by atoms with E-state index in [4.69, 9.17) is 0 Å². The first kappa shape index (κ1) is 18.8. The predicted molar refractivity (Wildman–Crippen MR) is 99.3 cm³/mol. The highest BCUT2D eigenvalue weighted by molar-refractivity contribution is 7.99. The number of nitrogens with one attached hydrogen (secondary N) is 1. The fourth-order valence-corrected chi connectivity index (χ4v) is 3.80. The van der Waals surface area contributed by atoms with Gasteiger partial charge in [-0.25, -0.2) is 0 Å². The van der Waals surface area contributed by atoms with E-state index < -0.39 is 6.04 Å². The van der Waals surface area contributed by atoms with Crippen LogP contribution in [0.3, 0.4) is 0 Å². The smallest absolute Gasteiger partial charge is 0.246 e. The fourth-order valence-electron chi connectivity index (χ4n) is 2.88. The third-order valence-electron chi connectivity index (χ3n) is 4.31. The molecule has 1 aromatic rings. The molecule has 0 aromatic heterocycles. The number of amides is 2. The van der Waals surface area contributed by atoms with Gasteiger partial charge in [0.2, 0.25) is 11.8 Å². The monoisotopic (exact) mass is 348 g/mol. The van der Waals surface area contributed by atoms with E-state index in [9.17, 15) is 9.59 Å². The summed E-state index contributed by atoms with van der Waals surface area (Å²) in [6, 6.07) is 8.00. The summed E-state index contributed by atoms with van der Waals surface area (Å²) >= 11 is 1.62. The van der Waals surface area contributed by atoms with Crippen LogP contribution < -0.4 is 5.32 Å². The maximum Gasteiger partial charge on any atom is 0.246 e. The van der Waals surface area contributed by atoms with Crippen LogP contribution in [-0.2, 0) is 9.59 Å². The summed E-state index contributed by atoms with van der Waals surface area (Å²) < 4.78 is 0. The molecule has 0 spiro atoms. The SMILES string of the molecule is CC(=O)NC(CSc1ccc(C(C)C)cc1)C(=O)N1CCCCC1. The standard InChI is InChI=1S/C19H28N2O2S/c1-14(2)16-7-9-17(10-8-16)24-13-18(20-15(3)22)19(23)21-11-5-4-6-12-21/h7-10,14,18H,4-6,11-13H2,1-3H3,(H,20,22). The van der Waals surface area contributed by atoms with Crippen molar-refractivity contribution in [2.45, 2.75) is 56.9 Å². The normalized spacial score (nSPS) is 16.1. The van der Waals surface area contributed by atoms with Gasteiger partial charge in [-0.15, -0.1) is 11.8 Å². The minimum Gasteiger partial charge on any atom is -0.344 e. The van der Waals surface area contributed by atoms with Gasteiger partial charge in [-0.05, 0) is 42.9 Å². The van der Waals surface area contributed by atoms with Gasteiger partial charge in [0.25, 0.3) is 0 Å². The summed E-state index contributed by atoms with van der Waals surface area (Å²) in [5.41, 5.74) is 1.31. The summed E-state index contributed by atoms with van der Waals surface area (Å²) in [6.45, 7) is 7.43. The lowest BCUT2D eigenvalue weighted by Gasteiger charge is -2.30. The van der Waals surface area contributed by atoms with Crippen LogP contribution in [0.1, 0.15) is 51.5 Å². The van der Waals surface area contributed by atoms with Crippen LogP contribution in [0.5, 0.6) is 0 Å². The quantitative estimate of drug-likeness (QED) is 0.802. The lowest BCUT2D eigenvalue weighted by atomic mass is 10.0. The molecule has 1 aliphatic rings. The Morgan fingerprint density at radius 1 is 1.12 bits per heavy atom. The highest BCUT2D eigenvalue weighted by Crippen LogP contribution is 2.23. The van der Waals surface area contributed by atoms with Crippen molar-refractivity contribution >= 4 is 23.6 Å². The van der Waals surface area contributed by atoms with Gasteiger partial charge in [0.15, 0.2) is 0 Å². The van der Waals surface area contributed by atoms with E-state index in [1.54, 1.807) is 11.8 Å². The largest absolute Gasteiger partial charge is 0.344 e. The molecule has 1 unspecified atom stereocenters. The minimum atomic E-state index is -0.449. The van der Waals surface area contributed by atoms with E-state index >= 15 is 0 Å². The molecule has 1 N–H and O–H groups in total. The van der Waals surface area contributed by atoms with Crippen LogP contribution in [0.4, 0.5) is 0 Å². The average molecular weight is 349 g/mol. The molecule has 1 heterocycles. The van der Waals surface area contributed by atoms with E-state index in [0.717, 1.165) is 30.8 Å². The van der Waals surface area contributed by atoms with Gasteiger partial charge < -0.3 is 10.2 Å². The molecule has 4 nitrogen and oxygen atoms in total. The van der Waals surface area contributed by atoms with E-state index in [1.165, 1.54) is 18.9 Å². The maximum absolute atomic E-state index is 12.7. The van der Waals surface area contributed by atoms with Gasteiger partial charge in [-0.3, -0.25) is 9.59 Å². The minimum absolute atomic E-state index is 0.0520. The molecule has 1 aromatic carbocycles. The number of thioether (sulfide) groups is 1. The summed E-state index contributed by atoms with van der Waals surface area (Å²) in [4.78, 5) is 27.2. The molecule has 1 atom stereocenters. The molecule has 24 heavy (non-hydrogen) atoms. The number of nitrogens with zero attached hydrogens (tertiary/aromatic N) is 1. The summed E-state index contributed by atoms with van der Waals surface area (Å²) in [7, 11) is 0. The Hall–Kier alpha value is -1.49. The van der Waals surface area contributed by atoms with Crippen molar-refractivity contribution in [2.24, 2.45) is 0 Å². The van der Waals surface area contributed by atoms with Gasteiger partial charge in [0.05, 0.1) is 0 Å². The van der Waals surface area contributed by atoms with Crippen molar-refractivity contribution in [3.05, 3.63) is 29.8 Å². The van der Waals surface area contributed by atoms with E-state index in [2.05, 4.69) is 43.4 Å². The Morgan fingerprint density at radius 3 is 2.29 bits per heavy atom. The Labute approximate surface area is 149 Å². The molecule has 1 aliphatic heterocycles. The molecule has 1 fully saturated rings. The molecule has 5 heteroatoms. The number of hydrogen-bond acceptors (Lipinski definition) is 3. The summed E-state index contributed by atoms with van der Waals surface area (Å²) in [5.74, 6) is 0.977. The number of hydrogen-bond donors (Lipinski definition) is 1. The van der Waals surface area contributed by atoms with Crippen molar-refractivity contribution in [1.82, 2.24) is 10.2 Å². The van der Waals surface area contributed by atoms with Crippen LogP contribution in [0.2, 0.25) is 0 Å². The molecule has 0 bridgehead atoms. The maximum atomic E-state index is 12.7. The highest BCUT2D eigenvalue weighted by atomic mass is 32.2. The van der Waals surface area contributed by atoms with Crippen LogP contribution in [0.15, 0.2) is 29.2 Å². The van der Waals surface area contributed by atoms with Gasteiger partial charge in [-0.2, -0.15) is 0 Å². The lowest BCUT2D eigenvalue weighted by molar-refractivity contribution is -0.136. The van der Waals surface area contributed by atoms with Gasteiger partial charge >= 0.3 is 0 Å². The van der Waals surface area contributed by atoms with Crippen molar-refractivity contribution in [3.63, 3.8) is 0 Å². The van der Waals surface area contributed by atoms with E-state index in [0.29, 0.717) is 11.7 Å². The number of piperidine rings is 1. The van der Waals surface area contributed by atoms with Crippen molar-refractivity contribution in [3.8, 4) is 0 Å². The summed E-state index contributed by atoms with van der Waals surface area (Å²) in [5, 5.41) is 2.83. The number of carbonyl (C=O) groups is 2. The van der Waals surface area contributed by atoms with Gasteiger partial charge in [0, 0.05) is 30.7 Å². The van der Waals surface area contributed by atoms with Crippen LogP contribution >= 0.6 is 11.8 Å². The predicted octanol–water partition coefficient (Wildman–Crippen LogP) is 3.42. The lowest BCUT2D eigenvalue weighted by Crippen LogP contribution is -2.50. The second-order valence-corrected chi connectivity index (χ2v) is 7.77. The van der Waals surface area contributed by atoms with E-state index in [-0.39, 0.29) is 11.8 Å². The number of rotatable bonds is 6. The molecule has 0 aliphatic carbocycles. The second-order valence-electron chi connectivity index (χ2n) is 6.67. The molecular weight excluding hydrogens is 320 g/mol. The van der Waals surface area contributed by atoms with E-state index in [1.807, 2.05) is 4.90 Å². The first-order valence-corrected chi connectivity index (χ1v) is 9.74. The zero-order valence-corrected chi connectivity index (χ0v) is 15.7. The Balaban J connectivity index is 1.97. The zero-order valence-electron chi connectivity index (χ0n) is 14.9. The highest BCUT2D eigenvalue weighted by Gasteiger charge is 2.26. The van der Waals surface area contributed by atoms with Gasteiger partial charge in [-0.1, -0.05) is 26.0 Å². The van der Waals surface area contributed by atoms with Gasteiger partial charge in [0.1, 0.15) is 6.04 Å². The molecule has 2 rings (SSSR count). The van der Waals surface area contributed by atoms with Crippen LogP contribution in [0.25, 0.3) is 0 Å². The Kier molecular flexibility index (Phi) is 7.16. The third kappa shape index (κ3) is 5.55. The van der Waals surface area contributed by atoms with Crippen molar-refractivity contribution < 1.29 is 9.59 Å². The molecule has 1 saturated heterocycles. The molecule has 0 saturated carbocycles. The molecule has 0 radical (unpaired) electrons. The molecule has 2 amide bonds. The second kappa shape index (κ2) is 9.11. The van der Waals surface area contributed by atoms with Crippen molar-refractivity contribution in [2.75, 3.05) is 18.8 Å². The first-order chi connectivity index (χ1) is 11.5. The number of benzene rings is 1. The first-order valence-electron chi connectivity index (χ1n) is 8.76. The molecule has 132 valence electrons. The van der Waals surface area contributed by atoms with Crippen molar-refractivity contribution in [1.29, 1.82) is 0 Å². The zero-order chi connectivity index (χ0) is 17.5. The third-order valence-corrected chi connectivity index (χ3v) is 5.41. The average Bonchev–Trinajstić information content (AvgIpc) is 2.58. The van der Waals surface area contributed by atoms with Crippen LogP contribution in [0, 0.1) is 0 Å². The van der Waals surface area contributed by atoms with Crippen LogP contribution in [-0.4, -0.2) is 41.6 Å². The Morgan fingerprint density at radius 2 is 1.75 bits per heavy atom. The summed E-state index contributed by atoms with van der Waals surface area (Å²) in [6.07, 6.45) is 3.30.